The van der Waals surface area contributed by atoms with E-state index in [-0.39, 0.29) is 22.0 Å². The van der Waals surface area contributed by atoms with Gasteiger partial charge >= 0.3 is 5.97 Å². The smallest absolute Gasteiger partial charge is 0.340 e. The van der Waals surface area contributed by atoms with Crippen molar-refractivity contribution >= 4 is 34.7 Å². The fraction of sp³-hybridized carbons (Fsp3) is 0.167. The molecule has 0 atom stereocenters. The van der Waals surface area contributed by atoms with Crippen molar-refractivity contribution in [2.45, 2.75) is 0 Å². The number of methoxy groups -OCH3 is 3. The maximum absolute atomic E-state index is 12.7. The van der Waals surface area contributed by atoms with Gasteiger partial charge in [-0.1, -0.05) is 17.7 Å². The molecule has 8 nitrogen and oxygen atoms in total. The Morgan fingerprint density at radius 3 is 2.44 bits per heavy atom. The maximum atomic E-state index is 12.7. The van der Waals surface area contributed by atoms with Crippen LogP contribution in [-0.2, 0) is 4.74 Å². The number of pyridine rings is 1. The summed E-state index contributed by atoms with van der Waals surface area (Å²) in [6, 6.07) is 8.18. The van der Waals surface area contributed by atoms with Gasteiger partial charge in [-0.05, 0) is 12.1 Å². The van der Waals surface area contributed by atoms with E-state index in [1.807, 2.05) is 0 Å². The molecule has 0 aliphatic rings. The minimum Gasteiger partial charge on any atom is -0.493 e. The van der Waals surface area contributed by atoms with Crippen LogP contribution in [0, 0.1) is 0 Å². The lowest BCUT2D eigenvalue weighted by atomic mass is 10.1. The van der Waals surface area contributed by atoms with E-state index in [9.17, 15) is 9.59 Å². The highest BCUT2D eigenvalue weighted by Crippen LogP contribution is 2.34. The maximum Gasteiger partial charge on any atom is 0.340 e. The second kappa shape index (κ2) is 7.55. The molecule has 0 spiro atoms. The van der Waals surface area contributed by atoms with Crippen LogP contribution in [-0.4, -0.2) is 42.8 Å². The normalized spacial score (nSPS) is 10.5. The summed E-state index contributed by atoms with van der Waals surface area (Å²) in [5, 5.41) is 7.02. The molecule has 0 unspecified atom stereocenters. The molecule has 3 rings (SSSR count). The molecule has 0 radical (unpaired) electrons. The standard InChI is InChI=1S/C18H16ClN3O5/c1-25-13-8-10(18(24)27-3)11(9-14(13)26-2)20-17(23)16-15(19)12-6-4-5-7-22(12)21-16/h4-9H,1-3H3,(H,20,23). The fourth-order valence-corrected chi connectivity index (χ4v) is 2.83. The summed E-state index contributed by atoms with van der Waals surface area (Å²) >= 11 is 6.27. The van der Waals surface area contributed by atoms with Crippen molar-refractivity contribution < 1.29 is 23.8 Å². The van der Waals surface area contributed by atoms with Gasteiger partial charge in [0, 0.05) is 18.3 Å². The van der Waals surface area contributed by atoms with Crippen LogP contribution >= 0.6 is 11.6 Å². The Bertz CT molecular complexity index is 1030. The van der Waals surface area contributed by atoms with E-state index in [1.165, 1.54) is 38.0 Å². The highest BCUT2D eigenvalue weighted by Gasteiger charge is 2.23. The highest BCUT2D eigenvalue weighted by molar-refractivity contribution is 6.37. The Hall–Kier alpha value is -3.26. The van der Waals surface area contributed by atoms with Crippen LogP contribution in [0.1, 0.15) is 20.8 Å². The zero-order chi connectivity index (χ0) is 19.6. The van der Waals surface area contributed by atoms with Gasteiger partial charge in [0.15, 0.2) is 17.2 Å². The van der Waals surface area contributed by atoms with Crippen molar-refractivity contribution in [2.24, 2.45) is 0 Å². The molecule has 0 saturated heterocycles. The van der Waals surface area contributed by atoms with Crippen molar-refractivity contribution in [1.29, 1.82) is 0 Å². The third-order valence-corrected chi connectivity index (χ3v) is 4.24. The number of carbonyl (C=O) groups excluding carboxylic acids is 2. The average molecular weight is 390 g/mol. The largest absolute Gasteiger partial charge is 0.493 e. The number of halogens is 1. The van der Waals surface area contributed by atoms with Crippen molar-refractivity contribution in [3.8, 4) is 11.5 Å². The molecule has 27 heavy (non-hydrogen) atoms. The van der Waals surface area contributed by atoms with E-state index in [2.05, 4.69) is 10.4 Å². The van der Waals surface area contributed by atoms with E-state index in [1.54, 1.807) is 24.4 Å². The second-order valence-electron chi connectivity index (χ2n) is 5.39. The topological polar surface area (TPSA) is 91.2 Å². The van der Waals surface area contributed by atoms with Crippen LogP contribution in [0.2, 0.25) is 5.02 Å². The highest BCUT2D eigenvalue weighted by atomic mass is 35.5. The second-order valence-corrected chi connectivity index (χ2v) is 5.77. The molecular weight excluding hydrogens is 374 g/mol. The Balaban J connectivity index is 2.03. The van der Waals surface area contributed by atoms with Crippen molar-refractivity contribution in [3.63, 3.8) is 0 Å². The number of anilines is 1. The lowest BCUT2D eigenvalue weighted by molar-refractivity contribution is 0.0601. The van der Waals surface area contributed by atoms with Gasteiger partial charge in [0.25, 0.3) is 5.91 Å². The Kier molecular flexibility index (Phi) is 5.18. The Morgan fingerprint density at radius 1 is 1.11 bits per heavy atom. The lowest BCUT2D eigenvalue weighted by Gasteiger charge is -2.14. The lowest BCUT2D eigenvalue weighted by Crippen LogP contribution is -2.17. The first-order valence-electron chi connectivity index (χ1n) is 7.78. The van der Waals surface area contributed by atoms with E-state index in [0.717, 1.165) is 0 Å². The zero-order valence-electron chi connectivity index (χ0n) is 14.8. The van der Waals surface area contributed by atoms with Gasteiger partial charge in [-0.3, -0.25) is 4.79 Å². The van der Waals surface area contributed by atoms with E-state index >= 15 is 0 Å². The van der Waals surface area contributed by atoms with Crippen molar-refractivity contribution in [3.05, 3.63) is 52.8 Å². The first-order valence-corrected chi connectivity index (χ1v) is 8.16. The summed E-state index contributed by atoms with van der Waals surface area (Å²) in [5.41, 5.74) is 0.888. The number of nitrogens with zero attached hydrogens (tertiary/aromatic N) is 2. The number of nitrogens with one attached hydrogen (secondary N) is 1. The van der Waals surface area contributed by atoms with Crippen molar-refractivity contribution in [2.75, 3.05) is 26.6 Å². The summed E-state index contributed by atoms with van der Waals surface area (Å²) in [5.74, 6) is -0.573. The molecule has 0 bridgehead atoms. The molecule has 0 fully saturated rings. The molecule has 3 aromatic rings. The first-order chi connectivity index (χ1) is 13.0. The molecule has 1 N–H and O–H groups in total. The molecule has 1 amide bonds. The minimum absolute atomic E-state index is 0.0217. The first kappa shape index (κ1) is 18.5. The number of rotatable bonds is 5. The monoisotopic (exact) mass is 389 g/mol. The van der Waals surface area contributed by atoms with Crippen LogP contribution in [0.15, 0.2) is 36.5 Å². The third kappa shape index (κ3) is 3.39. The van der Waals surface area contributed by atoms with E-state index < -0.39 is 11.9 Å². The summed E-state index contributed by atoms with van der Waals surface area (Å²) in [7, 11) is 4.12. The van der Waals surface area contributed by atoms with Gasteiger partial charge < -0.3 is 19.5 Å². The van der Waals surface area contributed by atoms with Gasteiger partial charge in [0.2, 0.25) is 0 Å². The van der Waals surface area contributed by atoms with Crippen LogP contribution in [0.3, 0.4) is 0 Å². The molecular formula is C18H16ClN3O5. The summed E-state index contributed by atoms with van der Waals surface area (Å²) < 4.78 is 16.7. The molecule has 1 aromatic carbocycles. The van der Waals surface area contributed by atoms with E-state index in [0.29, 0.717) is 17.0 Å². The van der Waals surface area contributed by atoms with E-state index in [4.69, 9.17) is 25.8 Å². The summed E-state index contributed by atoms with van der Waals surface area (Å²) in [6.07, 6.45) is 1.67. The van der Waals surface area contributed by atoms with Crippen LogP contribution in [0.25, 0.3) is 5.52 Å². The van der Waals surface area contributed by atoms with Crippen LogP contribution in [0.4, 0.5) is 5.69 Å². The number of carbonyl (C=O) groups is 2. The van der Waals surface area contributed by atoms with Crippen LogP contribution < -0.4 is 14.8 Å². The number of amides is 1. The fourth-order valence-electron chi connectivity index (χ4n) is 2.56. The summed E-state index contributed by atoms with van der Waals surface area (Å²) in [6.45, 7) is 0. The molecule has 0 aliphatic heterocycles. The van der Waals surface area contributed by atoms with Crippen molar-refractivity contribution in [1.82, 2.24) is 9.61 Å². The third-order valence-electron chi connectivity index (χ3n) is 3.87. The zero-order valence-corrected chi connectivity index (χ0v) is 15.5. The Labute approximate surface area is 159 Å². The van der Waals surface area contributed by atoms with Crippen LogP contribution in [0.5, 0.6) is 11.5 Å². The van der Waals surface area contributed by atoms with Gasteiger partial charge in [0.1, 0.15) is 0 Å². The number of aromatic nitrogens is 2. The number of hydrogen-bond acceptors (Lipinski definition) is 6. The average Bonchev–Trinajstić information content (AvgIpc) is 3.04. The summed E-state index contributed by atoms with van der Waals surface area (Å²) in [4.78, 5) is 24.8. The predicted octanol–water partition coefficient (Wildman–Crippen LogP) is 3.04. The number of fused-ring (bicyclic) bond motifs is 1. The van der Waals surface area contributed by atoms with Gasteiger partial charge in [0.05, 0.1) is 43.1 Å². The minimum atomic E-state index is -0.646. The van der Waals surface area contributed by atoms with Gasteiger partial charge in [-0.15, -0.1) is 0 Å². The molecule has 2 aromatic heterocycles. The van der Waals surface area contributed by atoms with Gasteiger partial charge in [-0.25, -0.2) is 9.31 Å². The van der Waals surface area contributed by atoms with Gasteiger partial charge in [-0.2, -0.15) is 5.10 Å². The SMILES string of the molecule is COC(=O)c1cc(OC)c(OC)cc1NC(=O)c1nn2ccccc2c1Cl. The number of benzene rings is 1. The number of hydrogen-bond donors (Lipinski definition) is 1. The number of ether oxygens (including phenoxy) is 3. The quantitative estimate of drug-likeness (QED) is 0.674. The molecule has 0 saturated carbocycles. The number of esters is 1. The molecule has 9 heteroatoms. The molecule has 140 valence electrons. The molecule has 0 aliphatic carbocycles. The molecule has 2 heterocycles. The Morgan fingerprint density at radius 2 is 1.81 bits per heavy atom. The predicted molar refractivity (Wildman–Crippen MR) is 99.0 cm³/mol.